The number of fused-ring (bicyclic) bond motifs is 1. The second-order valence-electron chi connectivity index (χ2n) is 8.04. The van der Waals surface area contributed by atoms with Gasteiger partial charge in [-0.3, -0.25) is 4.57 Å². The van der Waals surface area contributed by atoms with Crippen molar-refractivity contribution in [2.45, 2.75) is 39.5 Å². The summed E-state index contributed by atoms with van der Waals surface area (Å²) >= 11 is 0. The first-order chi connectivity index (χ1) is 14.8. The first kappa shape index (κ1) is 20.3. The van der Waals surface area contributed by atoms with Crippen molar-refractivity contribution in [2.75, 3.05) is 11.9 Å². The molecular weight excluding hydrogens is 396 g/mol. The number of nitriles is 1. The van der Waals surface area contributed by atoms with E-state index in [2.05, 4.69) is 35.1 Å². The summed E-state index contributed by atoms with van der Waals surface area (Å²) in [6, 6.07) is 12.5. The average molecular weight is 418 g/mol. The van der Waals surface area contributed by atoms with Gasteiger partial charge in [-0.05, 0) is 44.5 Å². The van der Waals surface area contributed by atoms with Crippen LogP contribution in [0.2, 0.25) is 0 Å². The van der Waals surface area contributed by atoms with E-state index in [-0.39, 0.29) is 23.7 Å². The van der Waals surface area contributed by atoms with Gasteiger partial charge in [0, 0.05) is 19.2 Å². The number of anilines is 1. The SMILES string of the molecule is Cc1ccc(Oc2ccc(COc3cc4n(c(=O)n3)CC(C)(C)N4C)cc2C#N)nn1. The Morgan fingerprint density at radius 1 is 1.16 bits per heavy atom. The first-order valence-electron chi connectivity index (χ1n) is 9.76. The van der Waals surface area contributed by atoms with Gasteiger partial charge in [-0.2, -0.15) is 15.3 Å². The highest BCUT2D eigenvalue weighted by Gasteiger charge is 2.34. The van der Waals surface area contributed by atoms with Crippen LogP contribution in [0.25, 0.3) is 0 Å². The van der Waals surface area contributed by atoms with E-state index in [0.29, 0.717) is 23.7 Å². The number of nitrogens with zero attached hydrogens (tertiary/aromatic N) is 6. The highest BCUT2D eigenvalue weighted by Crippen LogP contribution is 2.32. The van der Waals surface area contributed by atoms with Crippen LogP contribution in [0.15, 0.2) is 41.2 Å². The molecule has 1 aromatic carbocycles. The second-order valence-corrected chi connectivity index (χ2v) is 8.04. The van der Waals surface area contributed by atoms with Crippen molar-refractivity contribution in [2.24, 2.45) is 0 Å². The van der Waals surface area contributed by atoms with Gasteiger partial charge in [-0.25, -0.2) is 4.79 Å². The summed E-state index contributed by atoms with van der Waals surface area (Å²) in [5.74, 6) is 1.69. The van der Waals surface area contributed by atoms with Crippen LogP contribution in [-0.4, -0.2) is 32.3 Å². The molecule has 31 heavy (non-hydrogen) atoms. The van der Waals surface area contributed by atoms with Crippen molar-refractivity contribution in [1.82, 2.24) is 19.7 Å². The number of likely N-dealkylation sites (N-methyl/N-ethyl adjacent to an activating group) is 1. The van der Waals surface area contributed by atoms with Crippen LogP contribution in [0.5, 0.6) is 17.5 Å². The number of benzene rings is 1. The first-order valence-corrected chi connectivity index (χ1v) is 9.76. The van der Waals surface area contributed by atoms with Crippen LogP contribution in [-0.2, 0) is 13.2 Å². The molecule has 158 valence electrons. The number of aryl methyl sites for hydroxylation is 1. The van der Waals surface area contributed by atoms with Crippen molar-refractivity contribution in [1.29, 1.82) is 5.26 Å². The highest BCUT2D eigenvalue weighted by atomic mass is 16.5. The fourth-order valence-corrected chi connectivity index (χ4v) is 3.33. The summed E-state index contributed by atoms with van der Waals surface area (Å²) in [7, 11) is 1.94. The number of ether oxygens (including phenoxy) is 2. The summed E-state index contributed by atoms with van der Waals surface area (Å²) in [4.78, 5) is 18.5. The molecule has 9 nitrogen and oxygen atoms in total. The maximum Gasteiger partial charge on any atom is 0.352 e. The van der Waals surface area contributed by atoms with E-state index in [4.69, 9.17) is 9.47 Å². The van der Waals surface area contributed by atoms with E-state index in [9.17, 15) is 10.1 Å². The molecule has 9 heteroatoms. The van der Waals surface area contributed by atoms with Crippen molar-refractivity contribution in [3.8, 4) is 23.6 Å². The molecule has 2 aromatic heterocycles. The van der Waals surface area contributed by atoms with Crippen molar-refractivity contribution >= 4 is 5.82 Å². The third-order valence-corrected chi connectivity index (χ3v) is 5.30. The van der Waals surface area contributed by atoms with Gasteiger partial charge < -0.3 is 14.4 Å². The normalized spacial score (nSPS) is 14.1. The minimum atomic E-state index is -0.342. The van der Waals surface area contributed by atoms with Crippen molar-refractivity contribution < 1.29 is 9.47 Å². The smallest absolute Gasteiger partial charge is 0.352 e. The Labute approximate surface area is 179 Å². The molecule has 0 saturated carbocycles. The zero-order valence-corrected chi connectivity index (χ0v) is 17.8. The Morgan fingerprint density at radius 3 is 2.68 bits per heavy atom. The topological polar surface area (TPSA) is 106 Å². The second kappa shape index (κ2) is 7.72. The van der Waals surface area contributed by atoms with Gasteiger partial charge in [-0.1, -0.05) is 6.07 Å². The standard InChI is InChI=1S/C22H22N6O3/c1-14-5-8-18(26-25-14)31-17-7-6-15(9-16(17)11-23)12-30-19-10-20-27(4)22(2,3)13-28(20)21(29)24-19/h5-10H,12-13H2,1-4H3. The Hall–Kier alpha value is -3.93. The van der Waals surface area contributed by atoms with Gasteiger partial charge in [0.05, 0.1) is 23.3 Å². The summed E-state index contributed by atoms with van der Waals surface area (Å²) in [5, 5.41) is 17.4. The van der Waals surface area contributed by atoms with Crippen LogP contribution in [0.3, 0.4) is 0 Å². The van der Waals surface area contributed by atoms with Crippen LogP contribution in [0.4, 0.5) is 5.82 Å². The molecule has 1 aliphatic rings. The molecule has 0 saturated heterocycles. The van der Waals surface area contributed by atoms with Gasteiger partial charge in [0.2, 0.25) is 11.8 Å². The molecule has 4 rings (SSSR count). The third kappa shape index (κ3) is 4.05. The maximum atomic E-state index is 12.4. The molecule has 0 aliphatic carbocycles. The van der Waals surface area contributed by atoms with Gasteiger partial charge in [0.25, 0.3) is 0 Å². The molecule has 1 aliphatic heterocycles. The van der Waals surface area contributed by atoms with Gasteiger partial charge in [0.1, 0.15) is 24.2 Å². The lowest BCUT2D eigenvalue weighted by molar-refractivity contribution is 0.291. The largest absolute Gasteiger partial charge is 0.473 e. The van der Waals surface area contributed by atoms with E-state index in [0.717, 1.165) is 17.1 Å². The third-order valence-electron chi connectivity index (χ3n) is 5.30. The minimum Gasteiger partial charge on any atom is -0.473 e. The summed E-state index contributed by atoms with van der Waals surface area (Å²) in [6.07, 6.45) is 0. The predicted octanol–water partition coefficient (Wildman–Crippen LogP) is 2.81. The Bertz CT molecular complexity index is 1230. The van der Waals surface area contributed by atoms with Crippen LogP contribution in [0.1, 0.15) is 30.7 Å². The Kier molecular flexibility index (Phi) is 5.07. The summed E-state index contributed by atoms with van der Waals surface area (Å²) in [5.41, 5.74) is 1.34. The molecule has 0 N–H and O–H groups in total. The summed E-state index contributed by atoms with van der Waals surface area (Å²) < 4.78 is 13.1. The lowest BCUT2D eigenvalue weighted by atomic mass is 10.1. The van der Waals surface area contributed by atoms with Crippen LogP contribution >= 0.6 is 0 Å². The summed E-state index contributed by atoms with van der Waals surface area (Å²) in [6.45, 7) is 6.69. The minimum absolute atomic E-state index is 0.155. The highest BCUT2D eigenvalue weighted by molar-refractivity contribution is 5.48. The molecule has 0 radical (unpaired) electrons. The van der Waals surface area contributed by atoms with E-state index < -0.39 is 0 Å². The van der Waals surface area contributed by atoms with Gasteiger partial charge in [-0.15, -0.1) is 5.10 Å². The Morgan fingerprint density at radius 2 is 1.97 bits per heavy atom. The van der Waals surface area contributed by atoms with Crippen molar-refractivity contribution in [3.63, 3.8) is 0 Å². The molecular formula is C22H22N6O3. The fourth-order valence-electron chi connectivity index (χ4n) is 3.33. The number of rotatable bonds is 5. The predicted molar refractivity (Wildman–Crippen MR) is 113 cm³/mol. The van der Waals surface area contributed by atoms with E-state index in [1.807, 2.05) is 18.9 Å². The maximum absolute atomic E-state index is 12.4. The van der Waals surface area contributed by atoms with E-state index >= 15 is 0 Å². The fraction of sp³-hybridized carbons (Fsp3) is 0.318. The zero-order chi connectivity index (χ0) is 22.2. The Balaban J connectivity index is 1.50. The molecule has 0 fully saturated rings. The number of aromatic nitrogens is 4. The average Bonchev–Trinajstić information content (AvgIpc) is 2.98. The van der Waals surface area contributed by atoms with E-state index in [1.165, 1.54) is 0 Å². The van der Waals surface area contributed by atoms with Crippen LogP contribution in [0, 0.1) is 18.3 Å². The van der Waals surface area contributed by atoms with Crippen molar-refractivity contribution in [3.05, 3.63) is 63.7 Å². The molecule has 0 atom stereocenters. The molecule has 0 unspecified atom stereocenters. The molecule has 3 aromatic rings. The van der Waals surface area contributed by atoms with Gasteiger partial charge in [0.15, 0.2) is 0 Å². The number of hydrogen-bond acceptors (Lipinski definition) is 8. The van der Waals surface area contributed by atoms with E-state index in [1.54, 1.807) is 41.0 Å². The molecule has 0 bridgehead atoms. The molecule has 0 spiro atoms. The zero-order valence-electron chi connectivity index (χ0n) is 17.8. The lowest BCUT2D eigenvalue weighted by Gasteiger charge is -2.28. The molecule has 3 heterocycles. The molecule has 0 amide bonds. The quantitative estimate of drug-likeness (QED) is 0.623. The monoisotopic (exact) mass is 418 g/mol. The van der Waals surface area contributed by atoms with Crippen LogP contribution < -0.4 is 20.1 Å². The lowest BCUT2D eigenvalue weighted by Crippen LogP contribution is -2.38. The van der Waals surface area contributed by atoms with Gasteiger partial charge >= 0.3 is 5.69 Å². The number of hydrogen-bond donors (Lipinski definition) is 0.